The molecule has 2 nitrogen and oxygen atoms in total. The maximum absolute atomic E-state index is 9.08. The standard InChI is InChI=1S/C11H8BrNO/c12-9-3-1-8(2-4-9)11-6-5-10(14)7-13-11/h1-7,14H. The average Bonchev–Trinajstić information content (AvgIpc) is 2.21. The molecule has 3 heteroatoms. The lowest BCUT2D eigenvalue weighted by Gasteiger charge is -2.00. The number of benzene rings is 1. The summed E-state index contributed by atoms with van der Waals surface area (Å²) in [7, 11) is 0. The molecule has 1 heterocycles. The zero-order valence-electron chi connectivity index (χ0n) is 7.31. The second-order valence-electron chi connectivity index (χ2n) is 2.91. The van der Waals surface area contributed by atoms with Gasteiger partial charge in [-0.25, -0.2) is 0 Å². The summed E-state index contributed by atoms with van der Waals surface area (Å²) in [5.41, 5.74) is 1.89. The van der Waals surface area contributed by atoms with Gasteiger partial charge in [-0.1, -0.05) is 28.1 Å². The minimum absolute atomic E-state index is 0.186. The van der Waals surface area contributed by atoms with E-state index in [0.29, 0.717) is 0 Å². The van der Waals surface area contributed by atoms with Crippen molar-refractivity contribution in [1.29, 1.82) is 0 Å². The molecular formula is C11H8BrNO. The SMILES string of the molecule is Oc1ccc(-c2ccc(Br)cc2)nc1. The van der Waals surface area contributed by atoms with Gasteiger partial charge in [0.2, 0.25) is 0 Å². The molecule has 0 aliphatic rings. The van der Waals surface area contributed by atoms with E-state index in [1.54, 1.807) is 12.1 Å². The summed E-state index contributed by atoms with van der Waals surface area (Å²) in [6.07, 6.45) is 1.44. The Morgan fingerprint density at radius 2 is 1.71 bits per heavy atom. The highest BCUT2D eigenvalue weighted by Crippen LogP contribution is 2.20. The van der Waals surface area contributed by atoms with Gasteiger partial charge < -0.3 is 5.11 Å². The molecular weight excluding hydrogens is 242 g/mol. The molecule has 0 amide bonds. The lowest BCUT2D eigenvalue weighted by Crippen LogP contribution is -1.81. The second kappa shape index (κ2) is 3.80. The fourth-order valence-corrected chi connectivity index (χ4v) is 1.44. The van der Waals surface area contributed by atoms with Crippen LogP contribution in [0, 0.1) is 0 Å². The number of aromatic nitrogens is 1. The van der Waals surface area contributed by atoms with Crippen LogP contribution in [0.1, 0.15) is 0 Å². The third kappa shape index (κ3) is 1.93. The van der Waals surface area contributed by atoms with Gasteiger partial charge >= 0.3 is 0 Å². The Labute approximate surface area is 90.4 Å². The molecule has 0 bridgehead atoms. The fourth-order valence-electron chi connectivity index (χ4n) is 1.18. The molecule has 0 unspecified atom stereocenters. The summed E-state index contributed by atoms with van der Waals surface area (Å²) >= 11 is 3.37. The van der Waals surface area contributed by atoms with Crippen molar-refractivity contribution >= 4 is 15.9 Å². The lowest BCUT2D eigenvalue weighted by molar-refractivity contribution is 0.473. The normalized spacial score (nSPS) is 10.1. The highest BCUT2D eigenvalue weighted by Gasteiger charge is 1.98. The highest BCUT2D eigenvalue weighted by atomic mass is 79.9. The van der Waals surface area contributed by atoms with Crippen LogP contribution >= 0.6 is 15.9 Å². The van der Waals surface area contributed by atoms with Crippen LogP contribution in [0.15, 0.2) is 47.1 Å². The molecule has 2 aromatic rings. The summed E-state index contributed by atoms with van der Waals surface area (Å²) < 4.78 is 1.04. The average molecular weight is 250 g/mol. The number of aromatic hydroxyl groups is 1. The summed E-state index contributed by atoms with van der Waals surface area (Å²) in [6, 6.07) is 11.3. The van der Waals surface area contributed by atoms with Crippen molar-refractivity contribution in [3.8, 4) is 17.0 Å². The summed E-state index contributed by atoms with van der Waals surface area (Å²) in [6.45, 7) is 0. The quantitative estimate of drug-likeness (QED) is 0.842. The van der Waals surface area contributed by atoms with Gasteiger partial charge in [-0.2, -0.15) is 0 Å². The van der Waals surface area contributed by atoms with E-state index in [4.69, 9.17) is 5.11 Å². The van der Waals surface area contributed by atoms with Crippen molar-refractivity contribution in [2.24, 2.45) is 0 Å². The van der Waals surface area contributed by atoms with Crippen LogP contribution in [0.25, 0.3) is 11.3 Å². The van der Waals surface area contributed by atoms with Crippen LogP contribution in [0.4, 0.5) is 0 Å². The minimum atomic E-state index is 0.186. The Hall–Kier alpha value is -1.35. The fraction of sp³-hybridized carbons (Fsp3) is 0. The number of hydrogen-bond donors (Lipinski definition) is 1. The number of nitrogens with zero attached hydrogens (tertiary/aromatic N) is 1. The van der Waals surface area contributed by atoms with Crippen molar-refractivity contribution in [2.45, 2.75) is 0 Å². The topological polar surface area (TPSA) is 33.1 Å². The minimum Gasteiger partial charge on any atom is -0.506 e. The van der Waals surface area contributed by atoms with Crippen molar-refractivity contribution in [3.05, 3.63) is 47.1 Å². The van der Waals surface area contributed by atoms with Crippen LogP contribution in [-0.2, 0) is 0 Å². The van der Waals surface area contributed by atoms with Crippen LogP contribution in [0.3, 0.4) is 0 Å². The summed E-state index contributed by atoms with van der Waals surface area (Å²) in [5.74, 6) is 0.186. The molecule has 14 heavy (non-hydrogen) atoms. The molecule has 0 spiro atoms. The van der Waals surface area contributed by atoms with Gasteiger partial charge in [-0.05, 0) is 24.3 Å². The molecule has 0 aliphatic heterocycles. The molecule has 0 saturated carbocycles. The van der Waals surface area contributed by atoms with Gasteiger partial charge in [0.15, 0.2) is 0 Å². The summed E-state index contributed by atoms with van der Waals surface area (Å²) in [4.78, 5) is 4.11. The molecule has 70 valence electrons. The first-order chi connectivity index (χ1) is 6.75. The molecule has 0 saturated heterocycles. The van der Waals surface area contributed by atoms with E-state index < -0.39 is 0 Å². The van der Waals surface area contributed by atoms with Gasteiger partial charge in [0.1, 0.15) is 5.75 Å². The van der Waals surface area contributed by atoms with E-state index in [2.05, 4.69) is 20.9 Å². The molecule has 1 aromatic carbocycles. The van der Waals surface area contributed by atoms with E-state index in [1.165, 1.54) is 6.20 Å². The Balaban J connectivity index is 2.40. The number of hydrogen-bond acceptors (Lipinski definition) is 2. The molecule has 2 rings (SSSR count). The van der Waals surface area contributed by atoms with Crippen molar-refractivity contribution in [3.63, 3.8) is 0 Å². The summed E-state index contributed by atoms with van der Waals surface area (Å²) in [5, 5.41) is 9.08. The first kappa shape index (κ1) is 9.21. The van der Waals surface area contributed by atoms with Gasteiger partial charge in [0, 0.05) is 10.0 Å². The molecule has 1 aromatic heterocycles. The van der Waals surface area contributed by atoms with E-state index in [1.807, 2.05) is 24.3 Å². The van der Waals surface area contributed by atoms with E-state index in [9.17, 15) is 0 Å². The van der Waals surface area contributed by atoms with E-state index >= 15 is 0 Å². The first-order valence-corrected chi connectivity index (χ1v) is 4.96. The maximum atomic E-state index is 9.08. The van der Waals surface area contributed by atoms with Crippen LogP contribution in [-0.4, -0.2) is 10.1 Å². The van der Waals surface area contributed by atoms with Gasteiger partial charge in [0.05, 0.1) is 11.9 Å². The van der Waals surface area contributed by atoms with Gasteiger partial charge in [-0.3, -0.25) is 4.98 Å². The smallest absolute Gasteiger partial charge is 0.133 e. The largest absolute Gasteiger partial charge is 0.506 e. The monoisotopic (exact) mass is 249 g/mol. The Morgan fingerprint density at radius 1 is 1.00 bits per heavy atom. The Bertz CT molecular complexity index is 379. The van der Waals surface area contributed by atoms with Crippen LogP contribution in [0.2, 0.25) is 0 Å². The highest BCUT2D eigenvalue weighted by molar-refractivity contribution is 9.10. The van der Waals surface area contributed by atoms with Gasteiger partial charge in [0.25, 0.3) is 0 Å². The predicted octanol–water partition coefficient (Wildman–Crippen LogP) is 3.22. The zero-order chi connectivity index (χ0) is 9.97. The third-order valence-corrected chi connectivity index (χ3v) is 2.42. The van der Waals surface area contributed by atoms with Crippen molar-refractivity contribution in [1.82, 2.24) is 4.98 Å². The lowest BCUT2D eigenvalue weighted by atomic mass is 10.1. The number of pyridine rings is 1. The maximum Gasteiger partial charge on any atom is 0.133 e. The molecule has 1 N–H and O–H groups in total. The van der Waals surface area contributed by atoms with Gasteiger partial charge in [-0.15, -0.1) is 0 Å². The van der Waals surface area contributed by atoms with E-state index in [0.717, 1.165) is 15.7 Å². The second-order valence-corrected chi connectivity index (χ2v) is 3.82. The predicted molar refractivity (Wildman–Crippen MR) is 59.0 cm³/mol. The Kier molecular flexibility index (Phi) is 2.50. The third-order valence-electron chi connectivity index (χ3n) is 1.89. The zero-order valence-corrected chi connectivity index (χ0v) is 8.90. The van der Waals surface area contributed by atoms with Crippen molar-refractivity contribution in [2.75, 3.05) is 0 Å². The number of halogens is 1. The van der Waals surface area contributed by atoms with Crippen LogP contribution in [0.5, 0.6) is 5.75 Å². The molecule has 0 aliphatic carbocycles. The number of rotatable bonds is 1. The molecule has 0 atom stereocenters. The molecule has 0 radical (unpaired) electrons. The Morgan fingerprint density at radius 3 is 2.29 bits per heavy atom. The van der Waals surface area contributed by atoms with E-state index in [-0.39, 0.29) is 5.75 Å². The van der Waals surface area contributed by atoms with Crippen LogP contribution < -0.4 is 0 Å². The molecule has 0 fully saturated rings. The first-order valence-electron chi connectivity index (χ1n) is 4.17. The van der Waals surface area contributed by atoms with Crippen molar-refractivity contribution < 1.29 is 5.11 Å².